The highest BCUT2D eigenvalue weighted by Gasteiger charge is 2.45. The molecule has 3 aliphatic heterocycles. The molecule has 3 fully saturated rings. The zero-order valence-corrected chi connectivity index (χ0v) is 99.4. The number of methoxy groups -OCH3 is 1. The van der Waals surface area contributed by atoms with Crippen LogP contribution in [0.3, 0.4) is 0 Å². The summed E-state index contributed by atoms with van der Waals surface area (Å²) in [6.45, 7) is 72.0. The Bertz CT molecular complexity index is 4060. The lowest BCUT2D eigenvalue weighted by Gasteiger charge is -2.41. The molecule has 36 heteroatoms. The fourth-order valence-electron chi connectivity index (χ4n) is 16.1. The largest absolute Gasteiger partial charge is 0.497 e. The molecule has 124 heavy (non-hydrogen) atoms. The smallest absolute Gasteiger partial charge is 0.317 e. The molecular formula is C88H160O20Si16. The van der Waals surface area contributed by atoms with Gasteiger partial charge in [0.05, 0.1) is 57.0 Å². The van der Waals surface area contributed by atoms with Gasteiger partial charge in [-0.1, -0.05) is 147 Å². The van der Waals surface area contributed by atoms with Gasteiger partial charge in [0.2, 0.25) is 0 Å². The average molecular weight is 1990 g/mol. The number of hydrogen-bond donors (Lipinski definition) is 0. The molecule has 0 radical (unpaired) electrons. The first kappa shape index (κ1) is 108. The van der Waals surface area contributed by atoms with Crippen LogP contribution < -0.4 is 28.4 Å². The lowest BCUT2D eigenvalue weighted by Crippen LogP contribution is -2.56. The van der Waals surface area contributed by atoms with Crippen LogP contribution in [0.15, 0.2) is 146 Å². The molecule has 0 N–H and O–H groups in total. The van der Waals surface area contributed by atoms with Gasteiger partial charge in [-0.25, -0.2) is 0 Å². The van der Waals surface area contributed by atoms with Crippen molar-refractivity contribution in [1.82, 2.24) is 0 Å². The van der Waals surface area contributed by atoms with Crippen molar-refractivity contribution in [3.63, 3.8) is 0 Å². The molecule has 6 unspecified atom stereocenters. The van der Waals surface area contributed by atoms with Crippen LogP contribution in [0.2, 0.25) is 168 Å². The lowest BCUT2D eigenvalue weighted by atomic mass is 9.78. The van der Waals surface area contributed by atoms with Gasteiger partial charge in [0, 0.05) is 26.7 Å². The molecule has 3 saturated heterocycles. The van der Waals surface area contributed by atoms with Crippen molar-refractivity contribution < 1.29 is 86.7 Å². The Morgan fingerprint density at radius 2 is 0.565 bits per heavy atom. The van der Waals surface area contributed by atoms with E-state index in [0.29, 0.717) is 19.8 Å². The molecule has 696 valence electrons. The van der Waals surface area contributed by atoms with E-state index in [1.807, 2.05) is 12.1 Å². The summed E-state index contributed by atoms with van der Waals surface area (Å²) in [5, 5.41) is 0.0807. The first-order valence-corrected chi connectivity index (χ1v) is 84.6. The fraction of sp³-hybridized carbons (Fsp3) is 0.591. The lowest BCUT2D eigenvalue weighted by molar-refractivity contribution is 0.177. The predicted molar refractivity (Wildman–Crippen MR) is 549 cm³/mol. The summed E-state index contributed by atoms with van der Waals surface area (Å²) in [7, 11) is -26.2. The molecule has 0 aliphatic carbocycles. The first-order valence-electron chi connectivity index (χ1n) is 45.5. The SMILES string of the molecule is COc1ccc(C(C)(C)c2ccc(OCCC[Si]3(C)O[SiH](C)O[SiH](C)O[SiH](C)O3)cc2)cc1.C[SiH](C)OC(C)(C)[Si](C)(C)CCCOc1ccc(C(C)(C)c2ccc(OCCC[Si](C)(C)OC(C)(C)[SiH](C)C)cc2)cc1.C[SiH]1O[SiH](C)O[Si](C)(CCCOc2ccc(C(C)(C)c3ccc(OCCC[Si]4(C)O[SiH](C)O[Si](C)(C)O[SiH](C)O4)cc3)cc2)O[SiH](C)O1. The topological polar surface area (TPSA) is 185 Å². The van der Waals surface area contributed by atoms with E-state index in [0.717, 1.165) is 104 Å². The number of rotatable bonds is 38. The van der Waals surface area contributed by atoms with Gasteiger partial charge < -0.3 is 86.7 Å². The third-order valence-electron chi connectivity index (χ3n) is 24.2. The molecule has 0 bridgehead atoms. The quantitative estimate of drug-likeness (QED) is 0.0263. The Morgan fingerprint density at radius 1 is 0.323 bits per heavy atom. The molecule has 0 amide bonds. The Hall–Kier alpha value is -2.97. The zero-order chi connectivity index (χ0) is 91.9. The first-order chi connectivity index (χ1) is 57.8. The maximum Gasteiger partial charge on any atom is 0.317 e. The third-order valence-corrected chi connectivity index (χ3v) is 79.5. The summed E-state index contributed by atoms with van der Waals surface area (Å²) in [6, 6.07) is 55.8. The van der Waals surface area contributed by atoms with Crippen molar-refractivity contribution in [2.75, 3.05) is 40.1 Å². The van der Waals surface area contributed by atoms with Gasteiger partial charge in [-0.15, -0.1) is 0 Å². The average Bonchev–Trinajstić information content (AvgIpc) is 0.821. The van der Waals surface area contributed by atoms with Crippen LogP contribution in [0.4, 0.5) is 0 Å². The van der Waals surface area contributed by atoms with Crippen LogP contribution in [0.25, 0.3) is 0 Å². The Balaban J connectivity index is 0.000000260. The molecule has 6 atom stereocenters. The van der Waals surface area contributed by atoms with E-state index >= 15 is 0 Å². The van der Waals surface area contributed by atoms with E-state index in [-0.39, 0.29) is 26.7 Å². The molecule has 0 saturated carbocycles. The van der Waals surface area contributed by atoms with Gasteiger partial charge >= 0.3 is 52.8 Å². The van der Waals surface area contributed by atoms with E-state index in [4.69, 9.17) is 86.7 Å². The van der Waals surface area contributed by atoms with Crippen molar-refractivity contribution in [1.29, 1.82) is 0 Å². The summed E-state index contributed by atoms with van der Waals surface area (Å²) < 4.78 is 124. The molecule has 3 heterocycles. The monoisotopic (exact) mass is 1980 g/mol. The second kappa shape index (κ2) is 48.1. The molecule has 6 aromatic rings. The van der Waals surface area contributed by atoms with E-state index in [9.17, 15) is 0 Å². The Kier molecular flexibility index (Phi) is 41.9. The molecular weight excluding hydrogens is 1830 g/mol. The van der Waals surface area contributed by atoms with E-state index < -0.39 is 143 Å². The fourth-order valence-corrected chi connectivity index (χ4v) is 71.1. The maximum absolute atomic E-state index is 6.63. The van der Waals surface area contributed by atoms with Crippen LogP contribution in [-0.4, -0.2) is 193 Å². The summed E-state index contributed by atoms with van der Waals surface area (Å²) in [5.41, 5.74) is 7.09. The van der Waals surface area contributed by atoms with Gasteiger partial charge in [0.15, 0.2) is 17.4 Å². The second-order valence-corrected chi connectivity index (χ2v) is 86.8. The summed E-state index contributed by atoms with van der Waals surface area (Å²) in [5.74, 6) is 5.37. The highest BCUT2D eigenvalue weighted by molar-refractivity contribution is 6.85. The standard InChI is InChI=1S/C35H64O4Si4.C30H58O10Si8.C23H38O6Si4/c1-33(2,29-17-21-31(22-18-29)36-25-15-27-42(11,12)35(5,6)38-41(9)10)30-19-23-32(24-20-30)37-26-16-28-43(13,14)39-34(3,4)40(7)8;1-30(2,26-14-18-28(19-15-26)31-22-12-24-47(10)37-42(4)33-41(3)34-43(5)38-47)27-16-20-29(21-17-27)32-23-13-25-48(11)39-44(6)35-46(8,9)36-45(7)40-48;1-23(2,19-9-13-21(24-3)14-10-19)20-11-15-22(16-12-20)25-17-8-18-33(7)28-31(5)26-30(4)27-32(6)29-33/h17-24,40-41H,15-16,25-28H2,1-14H3;14-21,41-45H,12-13,22-25H2,1-11H3;9-16,30-32H,8,17-18H2,1-7H3. The number of benzene rings is 6. The molecule has 6 aromatic carbocycles. The minimum absolute atomic E-state index is 0.0184. The maximum atomic E-state index is 6.63. The van der Waals surface area contributed by atoms with Crippen LogP contribution in [0.1, 0.15) is 135 Å². The van der Waals surface area contributed by atoms with E-state index in [1.165, 1.54) is 39.4 Å². The highest BCUT2D eigenvalue weighted by Crippen LogP contribution is 2.39. The molecule has 0 spiro atoms. The normalized spacial score (nSPS) is 24.0. The molecule has 0 aromatic heterocycles. The van der Waals surface area contributed by atoms with E-state index in [2.05, 4.69) is 340 Å². The zero-order valence-electron chi connectivity index (χ0n) is 81.9. The van der Waals surface area contributed by atoms with Gasteiger partial charge in [-0.2, -0.15) is 0 Å². The molecule has 9 rings (SSSR count). The Morgan fingerprint density at radius 3 is 0.815 bits per heavy atom. The summed E-state index contributed by atoms with van der Waals surface area (Å²) in [4.78, 5) is 0. The predicted octanol–water partition coefficient (Wildman–Crippen LogP) is 19.9. The second-order valence-electron chi connectivity index (χ2n) is 39.0. The van der Waals surface area contributed by atoms with Crippen molar-refractivity contribution in [2.45, 2.75) is 296 Å². The number of hydrogen-bond acceptors (Lipinski definition) is 20. The highest BCUT2D eigenvalue weighted by atomic mass is 28.5. The summed E-state index contributed by atoms with van der Waals surface area (Å²) in [6.07, 6.45) is 4.72. The van der Waals surface area contributed by atoms with Crippen LogP contribution in [0, 0.1) is 0 Å². The van der Waals surface area contributed by atoms with E-state index in [1.54, 1.807) is 7.11 Å². The van der Waals surface area contributed by atoms with Gasteiger partial charge in [-0.3, -0.25) is 0 Å². The van der Waals surface area contributed by atoms with Crippen molar-refractivity contribution in [2.24, 2.45) is 0 Å². The van der Waals surface area contributed by atoms with Crippen molar-refractivity contribution in [3.8, 4) is 34.5 Å². The van der Waals surface area contributed by atoms with Gasteiger partial charge in [-0.05, 0) is 301 Å². The van der Waals surface area contributed by atoms with Gasteiger partial charge in [0.25, 0.3) is 55.7 Å². The molecule has 20 nitrogen and oxygen atoms in total. The van der Waals surface area contributed by atoms with Crippen LogP contribution in [0.5, 0.6) is 34.5 Å². The summed E-state index contributed by atoms with van der Waals surface area (Å²) >= 11 is 0. The van der Waals surface area contributed by atoms with Crippen molar-refractivity contribution in [3.05, 3.63) is 179 Å². The molecule has 3 aliphatic rings. The van der Waals surface area contributed by atoms with Crippen molar-refractivity contribution >= 4 is 143 Å². The minimum Gasteiger partial charge on any atom is -0.497 e. The number of ether oxygens (including phenoxy) is 6. The third kappa shape index (κ3) is 35.2. The van der Waals surface area contributed by atoms with Gasteiger partial charge in [0.1, 0.15) is 34.5 Å². The Labute approximate surface area is 772 Å². The van der Waals surface area contributed by atoms with Crippen LogP contribution in [-0.2, 0) is 74.5 Å². The minimum atomic E-state index is -2.36. The van der Waals surface area contributed by atoms with Crippen LogP contribution >= 0.6 is 0 Å².